The topological polar surface area (TPSA) is 102 Å². The lowest BCUT2D eigenvalue weighted by molar-refractivity contribution is -0.134. The minimum absolute atomic E-state index is 0.0430. The molecule has 2 aromatic carbocycles. The van der Waals surface area contributed by atoms with Crippen LogP contribution >= 0.6 is 15.9 Å². The minimum atomic E-state index is -0.627. The van der Waals surface area contributed by atoms with E-state index >= 15 is 0 Å². The number of rotatable bonds is 7. The molecule has 0 radical (unpaired) electrons. The van der Waals surface area contributed by atoms with E-state index in [0.29, 0.717) is 33.0 Å². The quantitative estimate of drug-likeness (QED) is 0.300. The van der Waals surface area contributed by atoms with Crippen LogP contribution in [0.25, 0.3) is 17.2 Å². The summed E-state index contributed by atoms with van der Waals surface area (Å²) in [4.78, 5) is 17.9. The molecule has 0 bridgehead atoms. The highest BCUT2D eigenvalue weighted by Gasteiger charge is 2.25. The molecule has 3 aromatic rings. The van der Waals surface area contributed by atoms with E-state index in [9.17, 15) is 14.4 Å². The van der Waals surface area contributed by atoms with Crippen molar-refractivity contribution >= 4 is 33.8 Å². The second kappa shape index (κ2) is 12.5. The van der Waals surface area contributed by atoms with Crippen LogP contribution in [0.5, 0.6) is 0 Å². The van der Waals surface area contributed by atoms with E-state index in [2.05, 4.69) is 41.9 Å². The number of hydrogen-bond acceptors (Lipinski definition) is 7. The summed E-state index contributed by atoms with van der Waals surface area (Å²) in [5, 5.41) is 22.7. The predicted molar refractivity (Wildman–Crippen MR) is 146 cm³/mol. The highest BCUT2D eigenvalue weighted by Crippen LogP contribution is 2.37. The standard InChI is InChI=1S/C29H25BrFN5O2/c1-38-27(37)9-6-19-2-4-20(5-3-19)17-34-23-10-12-36(13-11-23)29-24(16-33)28(25(30)18-35-29)21-7-8-22(15-32)26(31)14-21/h2-9,14,18,23,34H,10-13,17H2,1H3/b9-6+. The van der Waals surface area contributed by atoms with Gasteiger partial charge >= 0.3 is 5.97 Å². The van der Waals surface area contributed by atoms with Gasteiger partial charge in [-0.2, -0.15) is 10.5 Å². The monoisotopic (exact) mass is 573 g/mol. The Morgan fingerprint density at radius 2 is 1.95 bits per heavy atom. The van der Waals surface area contributed by atoms with Crippen molar-refractivity contribution in [1.82, 2.24) is 10.3 Å². The first-order valence-electron chi connectivity index (χ1n) is 12.1. The van der Waals surface area contributed by atoms with Crippen molar-refractivity contribution in [2.45, 2.75) is 25.4 Å². The van der Waals surface area contributed by atoms with E-state index < -0.39 is 5.82 Å². The lowest BCUT2D eigenvalue weighted by atomic mass is 9.98. The third kappa shape index (κ3) is 6.25. The Hall–Kier alpha value is -4.05. The van der Waals surface area contributed by atoms with Crippen molar-refractivity contribution in [3.05, 3.63) is 87.3 Å². The summed E-state index contributed by atoms with van der Waals surface area (Å²) in [6.07, 6.45) is 6.50. The number of nitrogens with zero attached hydrogens (tertiary/aromatic N) is 4. The Kier molecular flexibility index (Phi) is 8.85. The number of nitrogens with one attached hydrogen (secondary N) is 1. The van der Waals surface area contributed by atoms with Crippen molar-refractivity contribution in [3.8, 4) is 23.3 Å². The Bertz CT molecular complexity index is 1440. The van der Waals surface area contributed by atoms with Crippen LogP contribution in [0.3, 0.4) is 0 Å². The molecule has 0 amide bonds. The van der Waals surface area contributed by atoms with E-state index in [1.165, 1.54) is 25.3 Å². The van der Waals surface area contributed by atoms with Crippen molar-refractivity contribution in [1.29, 1.82) is 10.5 Å². The van der Waals surface area contributed by atoms with Gasteiger partial charge < -0.3 is 15.0 Å². The molecule has 2 heterocycles. The molecule has 4 rings (SSSR count). The number of benzene rings is 2. The molecule has 192 valence electrons. The van der Waals surface area contributed by atoms with Gasteiger partial charge in [-0.05, 0) is 63.7 Å². The number of carbonyl (C=O) groups excluding carboxylic acids is 1. The molecule has 0 saturated carbocycles. The molecular formula is C29H25BrFN5O2. The molecule has 38 heavy (non-hydrogen) atoms. The maximum Gasteiger partial charge on any atom is 0.330 e. The zero-order valence-corrected chi connectivity index (χ0v) is 22.3. The predicted octanol–water partition coefficient (Wildman–Crippen LogP) is 5.34. The first-order valence-corrected chi connectivity index (χ1v) is 12.8. The average Bonchev–Trinajstić information content (AvgIpc) is 2.95. The second-order valence-electron chi connectivity index (χ2n) is 8.84. The van der Waals surface area contributed by atoms with Crippen LogP contribution in [0, 0.1) is 28.5 Å². The van der Waals surface area contributed by atoms with Gasteiger partial charge in [-0.25, -0.2) is 14.2 Å². The van der Waals surface area contributed by atoms with Crippen LogP contribution in [-0.2, 0) is 16.1 Å². The first-order chi connectivity index (χ1) is 18.4. The van der Waals surface area contributed by atoms with Gasteiger partial charge in [-0.15, -0.1) is 0 Å². The minimum Gasteiger partial charge on any atom is -0.466 e. The fourth-order valence-electron chi connectivity index (χ4n) is 4.40. The van der Waals surface area contributed by atoms with Gasteiger partial charge in [0, 0.05) is 48.0 Å². The summed E-state index contributed by atoms with van der Waals surface area (Å²) >= 11 is 3.46. The molecule has 1 fully saturated rings. The van der Waals surface area contributed by atoms with Gasteiger partial charge in [-0.3, -0.25) is 0 Å². The number of esters is 1. The molecule has 0 aliphatic carbocycles. The lowest BCUT2D eigenvalue weighted by Crippen LogP contribution is -2.42. The molecule has 1 saturated heterocycles. The van der Waals surface area contributed by atoms with Crippen LogP contribution in [0.2, 0.25) is 0 Å². The number of methoxy groups -OCH3 is 1. The maximum atomic E-state index is 14.3. The lowest BCUT2D eigenvalue weighted by Gasteiger charge is -2.34. The highest BCUT2D eigenvalue weighted by atomic mass is 79.9. The number of aromatic nitrogens is 1. The van der Waals surface area contributed by atoms with Crippen LogP contribution in [0.4, 0.5) is 10.2 Å². The van der Waals surface area contributed by atoms with E-state index in [1.807, 2.05) is 30.3 Å². The Morgan fingerprint density at radius 1 is 1.21 bits per heavy atom. The number of anilines is 1. The molecule has 7 nitrogen and oxygen atoms in total. The van der Waals surface area contributed by atoms with E-state index in [1.54, 1.807) is 18.3 Å². The van der Waals surface area contributed by atoms with Crippen LogP contribution in [0.15, 0.2) is 59.2 Å². The smallest absolute Gasteiger partial charge is 0.330 e. The second-order valence-corrected chi connectivity index (χ2v) is 9.69. The van der Waals surface area contributed by atoms with Gasteiger partial charge in [0.05, 0.1) is 12.7 Å². The molecule has 0 spiro atoms. The number of halogens is 2. The molecule has 1 aliphatic heterocycles. The van der Waals surface area contributed by atoms with E-state index in [0.717, 1.165) is 43.6 Å². The summed E-state index contributed by atoms with van der Waals surface area (Å²) < 4.78 is 19.5. The zero-order chi connectivity index (χ0) is 27.1. The third-order valence-corrected chi connectivity index (χ3v) is 7.09. The summed E-state index contributed by atoms with van der Waals surface area (Å²) in [5.41, 5.74) is 3.46. The van der Waals surface area contributed by atoms with E-state index in [4.69, 9.17) is 5.26 Å². The summed E-state index contributed by atoms with van der Waals surface area (Å²) in [6, 6.07) is 16.7. The molecule has 9 heteroatoms. The molecule has 1 aromatic heterocycles. The highest BCUT2D eigenvalue weighted by molar-refractivity contribution is 9.10. The molecule has 1 N–H and O–H groups in total. The van der Waals surface area contributed by atoms with Gasteiger partial charge in [0.25, 0.3) is 0 Å². The van der Waals surface area contributed by atoms with Gasteiger partial charge in [0.2, 0.25) is 0 Å². The molecule has 0 atom stereocenters. The molecular weight excluding hydrogens is 549 g/mol. The van der Waals surface area contributed by atoms with Crippen molar-refractivity contribution < 1.29 is 13.9 Å². The summed E-state index contributed by atoms with van der Waals surface area (Å²) in [7, 11) is 1.35. The number of pyridine rings is 1. The number of hydrogen-bond donors (Lipinski definition) is 1. The number of piperidine rings is 1. The van der Waals surface area contributed by atoms with Crippen LogP contribution in [0.1, 0.15) is 35.1 Å². The Balaban J connectivity index is 1.40. The van der Waals surface area contributed by atoms with Crippen LogP contribution < -0.4 is 10.2 Å². The van der Waals surface area contributed by atoms with Gasteiger partial charge in [0.15, 0.2) is 0 Å². The SMILES string of the molecule is COC(=O)/C=C/c1ccc(CNC2CCN(c3ncc(Br)c(-c4ccc(C#N)c(F)c4)c3C#N)CC2)cc1. The fourth-order valence-corrected chi connectivity index (χ4v) is 4.93. The van der Waals surface area contributed by atoms with Gasteiger partial charge in [0.1, 0.15) is 29.3 Å². The zero-order valence-electron chi connectivity index (χ0n) is 20.7. The van der Waals surface area contributed by atoms with E-state index in [-0.39, 0.29) is 11.5 Å². The third-order valence-electron chi connectivity index (χ3n) is 6.48. The van der Waals surface area contributed by atoms with Gasteiger partial charge in [-0.1, -0.05) is 30.3 Å². The largest absolute Gasteiger partial charge is 0.466 e. The number of ether oxygens (including phenoxy) is 1. The summed E-state index contributed by atoms with van der Waals surface area (Å²) in [6.45, 7) is 2.17. The first kappa shape index (κ1) is 27.0. The average molecular weight is 574 g/mol. The number of nitriles is 2. The molecule has 1 aliphatic rings. The fraction of sp³-hybridized carbons (Fsp3) is 0.241. The Morgan fingerprint density at radius 3 is 2.58 bits per heavy atom. The normalized spacial score (nSPS) is 13.8. The van der Waals surface area contributed by atoms with Crippen molar-refractivity contribution in [2.75, 3.05) is 25.1 Å². The van der Waals surface area contributed by atoms with Crippen LogP contribution in [-0.4, -0.2) is 37.2 Å². The van der Waals surface area contributed by atoms with Crippen molar-refractivity contribution in [2.24, 2.45) is 0 Å². The maximum absolute atomic E-state index is 14.3. The molecule has 0 unspecified atom stereocenters. The Labute approximate surface area is 229 Å². The number of carbonyl (C=O) groups is 1. The summed E-state index contributed by atoms with van der Waals surface area (Å²) in [5.74, 6) is -0.440. The van der Waals surface area contributed by atoms with Crippen molar-refractivity contribution in [3.63, 3.8) is 0 Å².